The second-order valence-corrected chi connectivity index (χ2v) is 7.84. The number of anilines is 2. The molecule has 7 nitrogen and oxygen atoms in total. The second kappa shape index (κ2) is 9.82. The van der Waals surface area contributed by atoms with Gasteiger partial charge in [0, 0.05) is 19.2 Å². The molecule has 0 unspecified atom stereocenters. The zero-order chi connectivity index (χ0) is 22.5. The Morgan fingerprint density at radius 2 is 1.94 bits per heavy atom. The molecule has 0 aliphatic carbocycles. The molecule has 2 aliphatic heterocycles. The number of nitrogens with one attached hydrogen (secondary N) is 1. The van der Waals surface area contributed by atoms with Crippen molar-refractivity contribution < 1.29 is 23.5 Å². The van der Waals surface area contributed by atoms with E-state index >= 15 is 0 Å². The van der Waals surface area contributed by atoms with Gasteiger partial charge in [0.2, 0.25) is 5.91 Å². The number of hydrogen-bond acceptors (Lipinski definition) is 5. The average molecular weight is 439 g/mol. The molecule has 8 heteroatoms. The highest BCUT2D eigenvalue weighted by molar-refractivity contribution is 5.92. The Morgan fingerprint density at radius 3 is 2.66 bits per heavy atom. The van der Waals surface area contributed by atoms with Gasteiger partial charge in [-0.2, -0.15) is 0 Å². The van der Waals surface area contributed by atoms with Crippen molar-refractivity contribution in [3.05, 3.63) is 65.5 Å². The first-order valence-electron chi connectivity index (χ1n) is 10.6. The summed E-state index contributed by atoms with van der Waals surface area (Å²) in [6.07, 6.45) is 2.10. The number of benzene rings is 2. The molecule has 0 radical (unpaired) electrons. The molecule has 0 aromatic heterocycles. The summed E-state index contributed by atoms with van der Waals surface area (Å²) in [7, 11) is 0. The first kappa shape index (κ1) is 21.8. The van der Waals surface area contributed by atoms with E-state index in [1.54, 1.807) is 18.2 Å². The SMILES string of the molecule is Cc1ccc(/C=C/C(=O)NC[C@@H]2CN(c3ccc(N4CCOCC4)c(F)c3)C(=O)O2)cc1. The predicted octanol–water partition coefficient (Wildman–Crippen LogP) is 3.13. The Morgan fingerprint density at radius 1 is 1.19 bits per heavy atom. The van der Waals surface area contributed by atoms with Gasteiger partial charge in [0.1, 0.15) is 11.9 Å². The fourth-order valence-corrected chi connectivity index (χ4v) is 3.69. The van der Waals surface area contributed by atoms with E-state index in [1.807, 2.05) is 36.1 Å². The standard InChI is InChI=1S/C24H26FN3O4/c1-17-2-4-18(5-3-17)6-9-23(29)26-15-20-16-28(24(30)32-20)19-7-8-22(21(25)14-19)27-10-12-31-13-11-27/h2-9,14,20H,10-13,15-16H2,1H3,(H,26,29)/b9-6+/t20-/m1/s1. The van der Waals surface area contributed by atoms with Gasteiger partial charge >= 0.3 is 6.09 Å². The lowest BCUT2D eigenvalue weighted by Crippen LogP contribution is -2.36. The maximum Gasteiger partial charge on any atom is 0.414 e. The Kier molecular flexibility index (Phi) is 6.70. The summed E-state index contributed by atoms with van der Waals surface area (Å²) in [6.45, 7) is 4.79. The quantitative estimate of drug-likeness (QED) is 0.701. The van der Waals surface area contributed by atoms with Crippen LogP contribution in [0.3, 0.4) is 0 Å². The summed E-state index contributed by atoms with van der Waals surface area (Å²) in [5.41, 5.74) is 2.99. The molecular formula is C24H26FN3O4. The molecule has 2 aromatic rings. The number of morpholine rings is 1. The van der Waals surface area contributed by atoms with Crippen molar-refractivity contribution in [1.82, 2.24) is 5.32 Å². The number of carbonyl (C=O) groups excluding carboxylic acids is 2. The number of nitrogens with zero attached hydrogens (tertiary/aromatic N) is 2. The number of carbonyl (C=O) groups is 2. The third-order valence-electron chi connectivity index (χ3n) is 5.48. The number of hydrogen-bond donors (Lipinski definition) is 1. The van der Waals surface area contributed by atoms with Crippen LogP contribution >= 0.6 is 0 Å². The molecule has 168 valence electrons. The zero-order valence-electron chi connectivity index (χ0n) is 17.9. The van der Waals surface area contributed by atoms with E-state index in [1.165, 1.54) is 17.0 Å². The lowest BCUT2D eigenvalue weighted by Gasteiger charge is -2.29. The fraction of sp³-hybridized carbons (Fsp3) is 0.333. The highest BCUT2D eigenvalue weighted by atomic mass is 19.1. The molecule has 2 aromatic carbocycles. The summed E-state index contributed by atoms with van der Waals surface area (Å²) in [4.78, 5) is 27.7. The molecule has 1 N–H and O–H groups in total. The van der Waals surface area contributed by atoms with E-state index < -0.39 is 18.0 Å². The third-order valence-corrected chi connectivity index (χ3v) is 5.48. The average Bonchev–Trinajstić information content (AvgIpc) is 3.18. The van der Waals surface area contributed by atoms with Crippen molar-refractivity contribution in [3.63, 3.8) is 0 Å². The van der Waals surface area contributed by atoms with E-state index in [-0.39, 0.29) is 19.0 Å². The van der Waals surface area contributed by atoms with Crippen LogP contribution in [-0.2, 0) is 14.3 Å². The van der Waals surface area contributed by atoms with Crippen molar-refractivity contribution in [2.75, 3.05) is 49.2 Å². The van der Waals surface area contributed by atoms with Crippen LogP contribution in [0.1, 0.15) is 11.1 Å². The number of rotatable bonds is 6. The summed E-state index contributed by atoms with van der Waals surface area (Å²) in [5, 5.41) is 2.74. The summed E-state index contributed by atoms with van der Waals surface area (Å²) < 4.78 is 25.3. The van der Waals surface area contributed by atoms with E-state index in [0.29, 0.717) is 37.7 Å². The predicted molar refractivity (Wildman–Crippen MR) is 120 cm³/mol. The Bertz CT molecular complexity index is 1000. The molecule has 0 spiro atoms. The number of cyclic esters (lactones) is 1. The van der Waals surface area contributed by atoms with Crippen molar-refractivity contribution >= 4 is 29.5 Å². The van der Waals surface area contributed by atoms with E-state index in [4.69, 9.17) is 9.47 Å². The molecule has 2 saturated heterocycles. The monoisotopic (exact) mass is 439 g/mol. The van der Waals surface area contributed by atoms with Gasteiger partial charge in [0.15, 0.2) is 0 Å². The highest BCUT2D eigenvalue weighted by Crippen LogP contribution is 2.28. The van der Waals surface area contributed by atoms with E-state index in [0.717, 1.165) is 11.1 Å². The lowest BCUT2D eigenvalue weighted by atomic mass is 10.1. The van der Waals surface area contributed by atoms with Crippen LogP contribution in [0.4, 0.5) is 20.6 Å². The molecule has 32 heavy (non-hydrogen) atoms. The Hall–Kier alpha value is -3.39. The molecule has 2 heterocycles. The number of halogens is 1. The van der Waals surface area contributed by atoms with Crippen molar-refractivity contribution in [1.29, 1.82) is 0 Å². The third kappa shape index (κ3) is 5.26. The number of aryl methyl sites for hydroxylation is 1. The van der Waals surface area contributed by atoms with Crippen LogP contribution in [0.15, 0.2) is 48.5 Å². The molecular weight excluding hydrogens is 413 g/mol. The van der Waals surface area contributed by atoms with Gasteiger partial charge in [-0.1, -0.05) is 29.8 Å². The summed E-state index contributed by atoms with van der Waals surface area (Å²) >= 11 is 0. The molecule has 1 atom stereocenters. The van der Waals surface area contributed by atoms with Crippen LogP contribution in [0.25, 0.3) is 6.08 Å². The Balaban J connectivity index is 1.31. The topological polar surface area (TPSA) is 71.1 Å². The van der Waals surface area contributed by atoms with Crippen molar-refractivity contribution in [2.45, 2.75) is 13.0 Å². The van der Waals surface area contributed by atoms with Crippen LogP contribution < -0.4 is 15.1 Å². The van der Waals surface area contributed by atoms with Gasteiger partial charge in [-0.25, -0.2) is 9.18 Å². The van der Waals surface area contributed by atoms with Gasteiger partial charge < -0.3 is 19.7 Å². The first-order valence-corrected chi connectivity index (χ1v) is 10.6. The van der Waals surface area contributed by atoms with Gasteiger partial charge in [-0.05, 0) is 36.8 Å². The largest absolute Gasteiger partial charge is 0.442 e. The first-order chi connectivity index (χ1) is 15.5. The van der Waals surface area contributed by atoms with E-state index in [9.17, 15) is 14.0 Å². The summed E-state index contributed by atoms with van der Waals surface area (Å²) in [5.74, 6) is -0.670. The minimum Gasteiger partial charge on any atom is -0.442 e. The maximum atomic E-state index is 14.7. The lowest BCUT2D eigenvalue weighted by molar-refractivity contribution is -0.116. The molecule has 0 bridgehead atoms. The highest BCUT2D eigenvalue weighted by Gasteiger charge is 2.33. The van der Waals surface area contributed by atoms with Crippen molar-refractivity contribution in [2.24, 2.45) is 0 Å². The minimum absolute atomic E-state index is 0.174. The van der Waals surface area contributed by atoms with Crippen LogP contribution in [0.2, 0.25) is 0 Å². The van der Waals surface area contributed by atoms with Crippen LogP contribution in [0, 0.1) is 12.7 Å². The van der Waals surface area contributed by atoms with E-state index in [2.05, 4.69) is 5.32 Å². The molecule has 4 rings (SSSR count). The minimum atomic E-state index is -0.557. The Labute approximate surface area is 186 Å². The number of amides is 2. The van der Waals surface area contributed by atoms with Crippen LogP contribution in [0.5, 0.6) is 0 Å². The second-order valence-electron chi connectivity index (χ2n) is 7.84. The molecule has 2 fully saturated rings. The fourth-order valence-electron chi connectivity index (χ4n) is 3.69. The summed E-state index contributed by atoms with van der Waals surface area (Å²) in [6, 6.07) is 12.5. The molecule has 0 saturated carbocycles. The van der Waals surface area contributed by atoms with Gasteiger partial charge in [-0.15, -0.1) is 0 Å². The van der Waals surface area contributed by atoms with Gasteiger partial charge in [-0.3, -0.25) is 9.69 Å². The van der Waals surface area contributed by atoms with Crippen molar-refractivity contribution in [3.8, 4) is 0 Å². The van der Waals surface area contributed by atoms with Crippen LogP contribution in [-0.4, -0.2) is 57.5 Å². The smallest absolute Gasteiger partial charge is 0.414 e. The normalized spacial score (nSPS) is 18.8. The van der Waals surface area contributed by atoms with Gasteiger partial charge in [0.05, 0.1) is 37.7 Å². The zero-order valence-corrected chi connectivity index (χ0v) is 17.9. The maximum absolute atomic E-state index is 14.7. The molecule has 2 amide bonds. The molecule has 2 aliphatic rings. The number of ether oxygens (including phenoxy) is 2. The van der Waals surface area contributed by atoms with Gasteiger partial charge in [0.25, 0.3) is 0 Å².